The van der Waals surface area contributed by atoms with E-state index in [9.17, 15) is 14.4 Å². The Morgan fingerprint density at radius 2 is 1.72 bits per heavy atom. The second-order valence-electron chi connectivity index (χ2n) is 6.51. The summed E-state index contributed by atoms with van der Waals surface area (Å²) >= 11 is 0. The van der Waals surface area contributed by atoms with Crippen LogP contribution in [0.3, 0.4) is 0 Å². The Morgan fingerprint density at radius 1 is 1.04 bits per heavy atom. The molecule has 0 heterocycles. The van der Waals surface area contributed by atoms with Crippen molar-refractivity contribution in [3.05, 3.63) is 71.3 Å². The van der Waals surface area contributed by atoms with Crippen molar-refractivity contribution in [1.82, 2.24) is 0 Å². The van der Waals surface area contributed by atoms with E-state index in [1.165, 1.54) is 6.92 Å². The molecule has 0 spiro atoms. The molecule has 1 aliphatic rings. The van der Waals surface area contributed by atoms with E-state index in [4.69, 9.17) is 4.74 Å². The topological polar surface area (TPSA) is 60.4 Å². The minimum atomic E-state index is -1.29. The smallest absolute Gasteiger partial charge is 0.320 e. The number of ketones is 2. The lowest BCUT2D eigenvalue weighted by molar-refractivity contribution is -0.154. The van der Waals surface area contributed by atoms with E-state index in [-0.39, 0.29) is 31.0 Å². The number of rotatable bonds is 6. The van der Waals surface area contributed by atoms with Crippen molar-refractivity contribution < 1.29 is 19.1 Å². The van der Waals surface area contributed by atoms with Crippen LogP contribution in [0.2, 0.25) is 0 Å². The normalized spacial score (nSPS) is 18.7. The minimum absolute atomic E-state index is 0.0426. The predicted octanol–water partition coefficient (Wildman–Crippen LogP) is 3.52. The summed E-state index contributed by atoms with van der Waals surface area (Å²) in [5.74, 6) is -0.819. The fraction of sp³-hybridized carbons (Fsp3) is 0.286. The van der Waals surface area contributed by atoms with Gasteiger partial charge in [-0.1, -0.05) is 54.6 Å². The maximum Gasteiger partial charge on any atom is 0.320 e. The number of fused-ring (bicyclic) bond motifs is 1. The van der Waals surface area contributed by atoms with Crippen LogP contribution in [0.4, 0.5) is 0 Å². The molecular formula is C21H20O4. The third kappa shape index (κ3) is 3.38. The van der Waals surface area contributed by atoms with Gasteiger partial charge < -0.3 is 9.53 Å². The van der Waals surface area contributed by atoms with Gasteiger partial charge in [0.1, 0.15) is 17.8 Å². The molecule has 128 valence electrons. The Balaban J connectivity index is 1.84. The van der Waals surface area contributed by atoms with Gasteiger partial charge in [0.05, 0.1) is 0 Å². The quantitative estimate of drug-likeness (QED) is 0.598. The lowest BCUT2D eigenvalue weighted by atomic mass is 9.79. The SMILES string of the molecule is CC(=O)CC[C@@]1(C(=O)OCc2ccccc2)Cc2ccccc2C1=O. The van der Waals surface area contributed by atoms with Crippen molar-refractivity contribution in [2.24, 2.45) is 5.41 Å². The van der Waals surface area contributed by atoms with Crippen LogP contribution in [0.25, 0.3) is 0 Å². The van der Waals surface area contributed by atoms with Gasteiger partial charge in [-0.15, -0.1) is 0 Å². The standard InChI is InChI=1S/C21H20O4/c1-15(22)11-12-21(13-17-9-5-6-10-18(17)19(21)23)20(24)25-14-16-7-3-2-4-8-16/h2-10H,11-14H2,1H3/t21-/m1/s1. The molecule has 0 radical (unpaired) electrons. The molecule has 4 nitrogen and oxygen atoms in total. The highest BCUT2D eigenvalue weighted by molar-refractivity contribution is 6.16. The first-order chi connectivity index (χ1) is 12.0. The summed E-state index contributed by atoms with van der Waals surface area (Å²) in [6.07, 6.45) is 0.659. The molecule has 0 saturated carbocycles. The number of Topliss-reactive ketones (excluding diaryl/α,β-unsaturated/α-hetero) is 2. The van der Waals surface area contributed by atoms with Gasteiger partial charge in [-0.05, 0) is 30.9 Å². The fourth-order valence-corrected chi connectivity index (χ4v) is 3.28. The molecule has 0 saturated heterocycles. The van der Waals surface area contributed by atoms with E-state index in [0.29, 0.717) is 12.0 Å². The molecule has 0 amide bonds. The summed E-state index contributed by atoms with van der Waals surface area (Å²) < 4.78 is 5.48. The summed E-state index contributed by atoms with van der Waals surface area (Å²) in [6.45, 7) is 1.58. The van der Waals surface area contributed by atoms with Crippen molar-refractivity contribution in [2.45, 2.75) is 32.8 Å². The Morgan fingerprint density at radius 3 is 2.40 bits per heavy atom. The van der Waals surface area contributed by atoms with Gasteiger partial charge in [-0.2, -0.15) is 0 Å². The zero-order chi connectivity index (χ0) is 17.9. The molecular weight excluding hydrogens is 316 g/mol. The minimum Gasteiger partial charge on any atom is -0.460 e. The van der Waals surface area contributed by atoms with Gasteiger partial charge in [0.25, 0.3) is 0 Å². The third-order valence-electron chi connectivity index (χ3n) is 4.70. The second-order valence-corrected chi connectivity index (χ2v) is 6.51. The van der Waals surface area contributed by atoms with Gasteiger partial charge in [0.2, 0.25) is 0 Å². The van der Waals surface area contributed by atoms with E-state index < -0.39 is 11.4 Å². The van der Waals surface area contributed by atoms with E-state index in [1.54, 1.807) is 12.1 Å². The third-order valence-corrected chi connectivity index (χ3v) is 4.70. The van der Waals surface area contributed by atoms with Crippen molar-refractivity contribution in [3.63, 3.8) is 0 Å². The summed E-state index contributed by atoms with van der Waals surface area (Å²) in [6, 6.07) is 16.6. The first-order valence-corrected chi connectivity index (χ1v) is 8.36. The molecule has 1 aliphatic carbocycles. The van der Waals surface area contributed by atoms with Gasteiger partial charge >= 0.3 is 5.97 Å². The highest BCUT2D eigenvalue weighted by Gasteiger charge is 2.52. The maximum absolute atomic E-state index is 13.0. The molecule has 1 atom stereocenters. The number of esters is 1. The average molecular weight is 336 g/mol. The first-order valence-electron chi connectivity index (χ1n) is 8.36. The van der Waals surface area contributed by atoms with Crippen LogP contribution < -0.4 is 0 Å². The van der Waals surface area contributed by atoms with E-state index in [0.717, 1.165) is 11.1 Å². The van der Waals surface area contributed by atoms with Crippen LogP contribution in [0, 0.1) is 5.41 Å². The highest BCUT2D eigenvalue weighted by atomic mass is 16.5. The Kier molecular flexibility index (Phi) is 4.79. The molecule has 3 rings (SSSR count). The number of ether oxygens (including phenoxy) is 1. The molecule has 2 aromatic carbocycles. The van der Waals surface area contributed by atoms with E-state index >= 15 is 0 Å². The molecule has 0 bridgehead atoms. The van der Waals surface area contributed by atoms with Gasteiger partial charge in [-0.3, -0.25) is 9.59 Å². The van der Waals surface area contributed by atoms with Gasteiger partial charge in [0.15, 0.2) is 5.78 Å². The fourth-order valence-electron chi connectivity index (χ4n) is 3.28. The van der Waals surface area contributed by atoms with Crippen LogP contribution in [0.1, 0.15) is 41.3 Å². The molecule has 2 aromatic rings. The molecule has 0 aromatic heterocycles. The number of carbonyl (C=O) groups excluding carboxylic acids is 3. The largest absolute Gasteiger partial charge is 0.460 e. The lowest BCUT2D eigenvalue weighted by Gasteiger charge is -2.25. The van der Waals surface area contributed by atoms with Crippen LogP contribution in [-0.2, 0) is 27.4 Å². The summed E-state index contributed by atoms with van der Waals surface area (Å²) in [7, 11) is 0. The predicted molar refractivity (Wildman–Crippen MR) is 93.1 cm³/mol. The Labute approximate surface area is 146 Å². The van der Waals surface area contributed by atoms with Crippen LogP contribution in [-0.4, -0.2) is 17.5 Å². The maximum atomic E-state index is 13.0. The van der Waals surface area contributed by atoms with Crippen LogP contribution in [0.5, 0.6) is 0 Å². The zero-order valence-corrected chi connectivity index (χ0v) is 14.2. The summed E-state index contributed by atoms with van der Waals surface area (Å²) in [5.41, 5.74) is 0.973. The molecule has 4 heteroatoms. The zero-order valence-electron chi connectivity index (χ0n) is 14.2. The lowest BCUT2D eigenvalue weighted by Crippen LogP contribution is -2.39. The van der Waals surface area contributed by atoms with E-state index in [2.05, 4.69) is 0 Å². The Bertz CT molecular complexity index is 810. The first kappa shape index (κ1) is 17.1. The van der Waals surface area contributed by atoms with Gasteiger partial charge in [-0.25, -0.2) is 0 Å². The van der Waals surface area contributed by atoms with Crippen LogP contribution in [0.15, 0.2) is 54.6 Å². The van der Waals surface area contributed by atoms with Crippen molar-refractivity contribution in [3.8, 4) is 0 Å². The van der Waals surface area contributed by atoms with Crippen molar-refractivity contribution in [1.29, 1.82) is 0 Å². The molecule has 0 unspecified atom stereocenters. The number of benzene rings is 2. The number of hydrogen-bond acceptors (Lipinski definition) is 4. The molecule has 25 heavy (non-hydrogen) atoms. The van der Waals surface area contributed by atoms with Crippen molar-refractivity contribution >= 4 is 17.5 Å². The van der Waals surface area contributed by atoms with Crippen molar-refractivity contribution in [2.75, 3.05) is 0 Å². The Hall–Kier alpha value is -2.75. The van der Waals surface area contributed by atoms with Crippen LogP contribution >= 0.6 is 0 Å². The van der Waals surface area contributed by atoms with E-state index in [1.807, 2.05) is 42.5 Å². The monoisotopic (exact) mass is 336 g/mol. The van der Waals surface area contributed by atoms with Gasteiger partial charge in [0, 0.05) is 12.0 Å². The second kappa shape index (κ2) is 7.01. The molecule has 0 N–H and O–H groups in total. The highest BCUT2D eigenvalue weighted by Crippen LogP contribution is 2.41. The summed E-state index contributed by atoms with van der Waals surface area (Å²) in [5, 5.41) is 0. The average Bonchev–Trinajstić information content (AvgIpc) is 2.92. The summed E-state index contributed by atoms with van der Waals surface area (Å²) in [4.78, 5) is 37.3. The molecule has 0 fully saturated rings. The number of hydrogen-bond donors (Lipinski definition) is 0. The number of carbonyl (C=O) groups is 3. The molecule has 0 aliphatic heterocycles.